The lowest BCUT2D eigenvalue weighted by molar-refractivity contribution is -0.175. The van der Waals surface area contributed by atoms with E-state index in [4.69, 9.17) is 9.84 Å². The van der Waals surface area contributed by atoms with Crippen LogP contribution in [0.15, 0.2) is 48.5 Å². The largest absolute Gasteiger partial charge is 0.481 e. The second-order valence-corrected chi connectivity index (χ2v) is 8.57. The quantitative estimate of drug-likeness (QED) is 0.535. The number of hydrogen-bond donors (Lipinski definition) is 2. The molecule has 2 aromatic carbocycles. The molecular weight excluding hydrogens is 465 g/mol. The molecule has 0 bridgehead atoms. The van der Waals surface area contributed by atoms with Crippen LogP contribution in [0, 0.1) is 0 Å². The summed E-state index contributed by atoms with van der Waals surface area (Å²) in [6, 6.07) is 11.6. The Bertz CT molecular complexity index is 1040. The molecule has 0 radical (unpaired) electrons. The van der Waals surface area contributed by atoms with Gasteiger partial charge in [0.25, 0.3) is 5.91 Å². The molecule has 2 amide bonds. The minimum Gasteiger partial charge on any atom is -0.481 e. The Labute approximate surface area is 200 Å². The number of aliphatic carboxylic acids is 1. The maximum atomic E-state index is 13.7. The van der Waals surface area contributed by atoms with Gasteiger partial charge in [0.15, 0.2) is 0 Å². The Morgan fingerprint density at radius 3 is 2.06 bits per heavy atom. The number of amides is 2. The highest BCUT2D eigenvalue weighted by molar-refractivity contribution is 5.87. The van der Waals surface area contributed by atoms with Crippen molar-refractivity contribution in [1.29, 1.82) is 0 Å². The smallest absolute Gasteiger partial charge is 0.417 e. The molecule has 7 nitrogen and oxygen atoms in total. The van der Waals surface area contributed by atoms with Crippen molar-refractivity contribution >= 4 is 18.0 Å². The summed E-state index contributed by atoms with van der Waals surface area (Å²) in [5, 5.41) is 10.4. The second kappa shape index (κ2) is 10.8. The van der Waals surface area contributed by atoms with Gasteiger partial charge in [0, 0.05) is 24.9 Å². The van der Waals surface area contributed by atoms with Crippen molar-refractivity contribution in [2.75, 3.05) is 13.2 Å². The average molecular weight is 492 g/mol. The Balaban J connectivity index is 1.70. The average Bonchev–Trinajstić information content (AvgIpc) is 3.11. The van der Waals surface area contributed by atoms with Crippen molar-refractivity contribution in [3.8, 4) is 11.1 Å². The van der Waals surface area contributed by atoms with Gasteiger partial charge < -0.3 is 20.1 Å². The van der Waals surface area contributed by atoms with Gasteiger partial charge >= 0.3 is 18.2 Å². The van der Waals surface area contributed by atoms with Gasteiger partial charge in [-0.15, -0.1) is 0 Å². The number of carbonyl (C=O) groups is 3. The van der Waals surface area contributed by atoms with Crippen molar-refractivity contribution in [1.82, 2.24) is 10.2 Å². The second-order valence-electron chi connectivity index (χ2n) is 8.57. The highest BCUT2D eigenvalue weighted by atomic mass is 19.4. The zero-order chi connectivity index (χ0) is 25.8. The molecule has 0 aromatic heterocycles. The van der Waals surface area contributed by atoms with Crippen LogP contribution in [-0.4, -0.2) is 59.4 Å². The third-order valence-electron chi connectivity index (χ3n) is 5.88. The van der Waals surface area contributed by atoms with Gasteiger partial charge in [-0.3, -0.25) is 9.59 Å². The van der Waals surface area contributed by atoms with Gasteiger partial charge in [0.05, 0.1) is 0 Å². The first kappa shape index (κ1) is 26.1. The number of hydrogen-bond acceptors (Lipinski definition) is 4. The maximum Gasteiger partial charge on any atom is 0.417 e. The van der Waals surface area contributed by atoms with Crippen molar-refractivity contribution in [3.63, 3.8) is 0 Å². The summed E-state index contributed by atoms with van der Waals surface area (Å²) in [5.41, 5.74) is 3.73. The fourth-order valence-electron chi connectivity index (χ4n) is 4.23. The van der Waals surface area contributed by atoms with E-state index < -0.39 is 36.2 Å². The molecule has 1 unspecified atom stereocenters. The molecule has 0 spiro atoms. The molecule has 0 heterocycles. The Hall–Kier alpha value is -3.56. The minimum atomic E-state index is -5.07. The molecule has 0 saturated heterocycles. The predicted octanol–water partition coefficient (Wildman–Crippen LogP) is 4.56. The SMILES string of the molecule is CC(C)N(CCCC(=O)O)C(=O)C(NC(=O)OCC1c2ccccc2-c2ccccc21)C(F)(F)F. The van der Waals surface area contributed by atoms with E-state index in [0.29, 0.717) is 0 Å². The summed E-state index contributed by atoms with van der Waals surface area (Å²) in [6.45, 7) is 2.63. The van der Waals surface area contributed by atoms with Gasteiger partial charge in [-0.25, -0.2) is 4.79 Å². The van der Waals surface area contributed by atoms with Crippen LogP contribution in [-0.2, 0) is 14.3 Å². The predicted molar refractivity (Wildman–Crippen MR) is 122 cm³/mol. The molecule has 35 heavy (non-hydrogen) atoms. The lowest BCUT2D eigenvalue weighted by Gasteiger charge is -2.31. The van der Waals surface area contributed by atoms with Gasteiger partial charge in [-0.05, 0) is 42.5 Å². The van der Waals surface area contributed by atoms with E-state index in [0.717, 1.165) is 27.2 Å². The van der Waals surface area contributed by atoms with Crippen molar-refractivity contribution in [3.05, 3.63) is 59.7 Å². The lowest BCUT2D eigenvalue weighted by atomic mass is 9.98. The Kier molecular flexibility index (Phi) is 8.03. The van der Waals surface area contributed by atoms with E-state index in [1.165, 1.54) is 13.8 Å². The van der Waals surface area contributed by atoms with Gasteiger partial charge in [-0.1, -0.05) is 48.5 Å². The molecule has 1 aliphatic carbocycles. The number of halogens is 3. The van der Waals surface area contributed by atoms with Crippen molar-refractivity contribution in [2.24, 2.45) is 0 Å². The summed E-state index contributed by atoms with van der Waals surface area (Å²) in [6.07, 6.45) is -6.75. The number of fused-ring (bicyclic) bond motifs is 3. The number of rotatable bonds is 9. The molecule has 0 saturated carbocycles. The van der Waals surface area contributed by atoms with E-state index >= 15 is 0 Å². The molecule has 0 aliphatic heterocycles. The molecule has 10 heteroatoms. The topological polar surface area (TPSA) is 95.9 Å². The van der Waals surface area contributed by atoms with Gasteiger partial charge in [0.2, 0.25) is 6.04 Å². The number of carboxylic acid groups (broad SMARTS) is 1. The third kappa shape index (κ3) is 6.12. The van der Waals surface area contributed by atoms with Crippen LogP contribution in [0.2, 0.25) is 0 Å². The molecule has 188 valence electrons. The summed E-state index contributed by atoms with van der Waals surface area (Å²) in [7, 11) is 0. The molecular formula is C25H27F3N2O5. The number of carboxylic acids is 1. The molecule has 2 aromatic rings. The molecule has 0 fully saturated rings. The number of alkyl halides is 3. The first-order chi connectivity index (χ1) is 16.5. The maximum absolute atomic E-state index is 13.7. The minimum absolute atomic E-state index is 0.0191. The van der Waals surface area contributed by atoms with E-state index in [1.54, 1.807) is 5.32 Å². The van der Waals surface area contributed by atoms with Crippen molar-refractivity contribution < 1.29 is 37.4 Å². The summed E-state index contributed by atoms with van der Waals surface area (Å²) in [4.78, 5) is 36.8. The lowest BCUT2D eigenvalue weighted by Crippen LogP contribution is -2.57. The molecule has 1 atom stereocenters. The molecule has 1 aliphatic rings. The number of nitrogens with one attached hydrogen (secondary N) is 1. The normalized spacial score (nSPS) is 13.7. The van der Waals surface area contributed by atoms with Crippen LogP contribution in [0.25, 0.3) is 11.1 Å². The summed E-state index contributed by atoms with van der Waals surface area (Å²) in [5.74, 6) is -2.84. The highest BCUT2D eigenvalue weighted by Gasteiger charge is 2.48. The van der Waals surface area contributed by atoms with E-state index in [9.17, 15) is 27.6 Å². The third-order valence-corrected chi connectivity index (χ3v) is 5.88. The fraction of sp³-hybridized carbons (Fsp3) is 0.400. The van der Waals surface area contributed by atoms with Crippen LogP contribution in [0.1, 0.15) is 43.7 Å². The number of alkyl carbamates (subject to hydrolysis) is 1. The number of nitrogens with zero attached hydrogens (tertiary/aromatic N) is 1. The van der Waals surface area contributed by atoms with Crippen molar-refractivity contribution in [2.45, 2.75) is 50.9 Å². The van der Waals surface area contributed by atoms with Gasteiger partial charge in [-0.2, -0.15) is 13.2 Å². The first-order valence-corrected chi connectivity index (χ1v) is 11.2. The number of ether oxygens (including phenoxy) is 1. The van der Waals surface area contributed by atoms with E-state index in [-0.39, 0.29) is 31.9 Å². The monoisotopic (exact) mass is 492 g/mol. The van der Waals surface area contributed by atoms with Crippen LogP contribution in [0.3, 0.4) is 0 Å². The van der Waals surface area contributed by atoms with Crippen LogP contribution in [0.5, 0.6) is 0 Å². The fourth-order valence-corrected chi connectivity index (χ4v) is 4.23. The van der Waals surface area contributed by atoms with Crippen LogP contribution in [0.4, 0.5) is 18.0 Å². The zero-order valence-electron chi connectivity index (χ0n) is 19.3. The van der Waals surface area contributed by atoms with Crippen LogP contribution < -0.4 is 5.32 Å². The number of benzene rings is 2. The summed E-state index contributed by atoms with van der Waals surface area (Å²) < 4.78 is 46.4. The van der Waals surface area contributed by atoms with Crippen LogP contribution >= 0.6 is 0 Å². The first-order valence-electron chi connectivity index (χ1n) is 11.2. The number of carbonyl (C=O) groups excluding carboxylic acids is 2. The Morgan fingerprint density at radius 1 is 1.03 bits per heavy atom. The highest BCUT2D eigenvalue weighted by Crippen LogP contribution is 2.44. The summed E-state index contributed by atoms with van der Waals surface area (Å²) >= 11 is 0. The Morgan fingerprint density at radius 2 is 1.57 bits per heavy atom. The molecule has 2 N–H and O–H groups in total. The zero-order valence-corrected chi connectivity index (χ0v) is 19.3. The standard InChI is InChI=1S/C25H27F3N2O5/c1-15(2)30(13-7-12-21(31)32)23(33)22(25(26,27)28)29-24(34)35-14-20-18-10-5-3-8-16(18)17-9-4-6-11-19(17)20/h3-6,8-11,15,20,22H,7,12-14H2,1-2H3,(H,29,34)(H,31,32). The van der Waals surface area contributed by atoms with E-state index in [1.807, 2.05) is 48.5 Å². The van der Waals surface area contributed by atoms with Gasteiger partial charge in [0.1, 0.15) is 6.61 Å². The van der Waals surface area contributed by atoms with E-state index in [2.05, 4.69) is 0 Å². The molecule has 3 rings (SSSR count).